The molecule has 5 heteroatoms. The quantitative estimate of drug-likeness (QED) is 0.810. The van der Waals surface area contributed by atoms with E-state index in [0.29, 0.717) is 32.8 Å². The van der Waals surface area contributed by atoms with Crippen molar-refractivity contribution in [2.24, 2.45) is 5.92 Å². The molecule has 1 saturated heterocycles. The third-order valence-corrected chi connectivity index (χ3v) is 3.75. The van der Waals surface area contributed by atoms with Gasteiger partial charge >= 0.3 is 5.97 Å². The van der Waals surface area contributed by atoms with Gasteiger partial charge in [0.05, 0.1) is 12.5 Å². The Morgan fingerprint density at radius 3 is 2.95 bits per heavy atom. The van der Waals surface area contributed by atoms with Gasteiger partial charge in [-0.1, -0.05) is 12.1 Å². The maximum Gasteiger partial charge on any atom is 0.308 e. The smallest absolute Gasteiger partial charge is 0.308 e. The van der Waals surface area contributed by atoms with Crippen LogP contribution in [0.3, 0.4) is 0 Å². The van der Waals surface area contributed by atoms with Crippen molar-refractivity contribution < 1.29 is 19.0 Å². The molecule has 110 valence electrons. The standard InChI is InChI=1S/C15H20FNO3/c1-2-20-7-6-17-9-13(14(10-17)15(18)19)11-4-3-5-12(16)8-11/h3-5,8,13-14H,2,6-7,9-10H2,1H3,(H,18,19)/t13-,14+/m0/s1. The van der Waals surface area contributed by atoms with Crippen LogP contribution >= 0.6 is 0 Å². The second-order valence-corrected chi connectivity index (χ2v) is 5.06. The van der Waals surface area contributed by atoms with E-state index in [4.69, 9.17) is 4.74 Å². The lowest BCUT2D eigenvalue weighted by molar-refractivity contribution is -0.141. The summed E-state index contributed by atoms with van der Waals surface area (Å²) in [6, 6.07) is 6.25. The highest BCUT2D eigenvalue weighted by Crippen LogP contribution is 2.33. The molecule has 1 aliphatic heterocycles. The summed E-state index contributed by atoms with van der Waals surface area (Å²) in [5.74, 6) is -1.79. The van der Waals surface area contributed by atoms with E-state index in [-0.39, 0.29) is 11.7 Å². The summed E-state index contributed by atoms with van der Waals surface area (Å²) in [5, 5.41) is 9.35. The van der Waals surface area contributed by atoms with Crippen molar-refractivity contribution in [1.29, 1.82) is 0 Å². The number of hydrogen-bond donors (Lipinski definition) is 1. The fraction of sp³-hybridized carbons (Fsp3) is 0.533. The number of rotatable bonds is 6. The average Bonchev–Trinajstić information content (AvgIpc) is 2.83. The monoisotopic (exact) mass is 281 g/mol. The van der Waals surface area contributed by atoms with E-state index in [2.05, 4.69) is 4.90 Å². The topological polar surface area (TPSA) is 49.8 Å². The highest BCUT2D eigenvalue weighted by molar-refractivity contribution is 5.72. The molecule has 0 bridgehead atoms. The molecule has 1 N–H and O–H groups in total. The average molecular weight is 281 g/mol. The van der Waals surface area contributed by atoms with Gasteiger partial charge in [0, 0.05) is 32.2 Å². The van der Waals surface area contributed by atoms with Crippen molar-refractivity contribution in [3.05, 3.63) is 35.6 Å². The van der Waals surface area contributed by atoms with E-state index in [1.54, 1.807) is 12.1 Å². The number of benzene rings is 1. The number of likely N-dealkylation sites (tertiary alicyclic amines) is 1. The fourth-order valence-electron chi connectivity index (χ4n) is 2.73. The number of carboxylic acids is 1. The van der Waals surface area contributed by atoms with Gasteiger partial charge < -0.3 is 9.84 Å². The number of carboxylic acid groups (broad SMARTS) is 1. The Morgan fingerprint density at radius 2 is 2.30 bits per heavy atom. The fourth-order valence-corrected chi connectivity index (χ4v) is 2.73. The van der Waals surface area contributed by atoms with Gasteiger partial charge in [-0.2, -0.15) is 0 Å². The Kier molecular flexibility index (Phi) is 5.09. The van der Waals surface area contributed by atoms with Crippen LogP contribution in [0.1, 0.15) is 18.4 Å². The summed E-state index contributed by atoms with van der Waals surface area (Å²) in [5.41, 5.74) is 0.760. The molecule has 1 aromatic rings. The predicted octanol–water partition coefficient (Wildman–Crippen LogP) is 1.96. The van der Waals surface area contributed by atoms with E-state index >= 15 is 0 Å². The van der Waals surface area contributed by atoms with Crippen LogP contribution in [-0.4, -0.2) is 48.8 Å². The zero-order valence-electron chi connectivity index (χ0n) is 11.6. The molecule has 0 saturated carbocycles. The Labute approximate surface area is 118 Å². The summed E-state index contributed by atoms with van der Waals surface area (Å²) >= 11 is 0. The maximum absolute atomic E-state index is 13.3. The summed E-state index contributed by atoms with van der Waals surface area (Å²) < 4.78 is 18.6. The molecule has 1 heterocycles. The number of carbonyl (C=O) groups is 1. The molecular weight excluding hydrogens is 261 g/mol. The van der Waals surface area contributed by atoms with E-state index in [0.717, 1.165) is 5.56 Å². The van der Waals surface area contributed by atoms with Gasteiger partial charge in [0.2, 0.25) is 0 Å². The molecular formula is C15H20FNO3. The Bertz CT molecular complexity index is 466. The SMILES string of the molecule is CCOCCN1C[C@@H](C(=O)O)[C@H](c2cccc(F)c2)C1. The minimum absolute atomic E-state index is 0.162. The van der Waals surface area contributed by atoms with Crippen LogP contribution in [0.25, 0.3) is 0 Å². The van der Waals surface area contributed by atoms with Crippen LogP contribution in [0, 0.1) is 11.7 Å². The summed E-state index contributed by atoms with van der Waals surface area (Å²) in [4.78, 5) is 13.5. The van der Waals surface area contributed by atoms with Gasteiger partial charge in [-0.25, -0.2) is 4.39 Å². The first kappa shape index (κ1) is 14.9. The molecule has 0 radical (unpaired) electrons. The zero-order chi connectivity index (χ0) is 14.5. The zero-order valence-corrected chi connectivity index (χ0v) is 11.6. The maximum atomic E-state index is 13.3. The van der Waals surface area contributed by atoms with E-state index < -0.39 is 11.9 Å². The Balaban J connectivity index is 2.08. The first-order valence-electron chi connectivity index (χ1n) is 6.90. The molecule has 0 spiro atoms. The number of halogens is 1. The lowest BCUT2D eigenvalue weighted by atomic mass is 9.89. The van der Waals surface area contributed by atoms with E-state index in [1.165, 1.54) is 12.1 Å². The summed E-state index contributed by atoms with van der Waals surface area (Å²) in [6.45, 7) is 5.02. The van der Waals surface area contributed by atoms with Crippen LogP contribution in [0.4, 0.5) is 4.39 Å². The molecule has 1 aliphatic rings. The van der Waals surface area contributed by atoms with Crippen LogP contribution < -0.4 is 0 Å². The van der Waals surface area contributed by atoms with Crippen molar-refractivity contribution >= 4 is 5.97 Å². The number of hydrogen-bond acceptors (Lipinski definition) is 3. The lowest BCUT2D eigenvalue weighted by Gasteiger charge is -2.16. The van der Waals surface area contributed by atoms with Crippen molar-refractivity contribution in [2.45, 2.75) is 12.8 Å². The lowest BCUT2D eigenvalue weighted by Crippen LogP contribution is -2.26. The van der Waals surface area contributed by atoms with Gasteiger partial charge in [0.15, 0.2) is 0 Å². The highest BCUT2D eigenvalue weighted by Gasteiger charge is 2.38. The van der Waals surface area contributed by atoms with E-state index in [9.17, 15) is 14.3 Å². The highest BCUT2D eigenvalue weighted by atomic mass is 19.1. The molecule has 0 amide bonds. The van der Waals surface area contributed by atoms with Gasteiger partial charge in [-0.3, -0.25) is 9.69 Å². The molecule has 4 nitrogen and oxygen atoms in total. The number of ether oxygens (including phenoxy) is 1. The molecule has 1 aromatic carbocycles. The minimum Gasteiger partial charge on any atom is -0.481 e. The molecule has 0 unspecified atom stereocenters. The molecule has 1 fully saturated rings. The van der Waals surface area contributed by atoms with Crippen LogP contribution in [0.15, 0.2) is 24.3 Å². The second kappa shape index (κ2) is 6.81. The summed E-state index contributed by atoms with van der Waals surface area (Å²) in [6.07, 6.45) is 0. The van der Waals surface area contributed by atoms with Gasteiger partial charge in [-0.15, -0.1) is 0 Å². The predicted molar refractivity (Wildman–Crippen MR) is 73.2 cm³/mol. The van der Waals surface area contributed by atoms with Crippen molar-refractivity contribution in [3.63, 3.8) is 0 Å². The van der Waals surface area contributed by atoms with Crippen molar-refractivity contribution in [1.82, 2.24) is 4.90 Å². The Hall–Kier alpha value is -1.46. The summed E-state index contributed by atoms with van der Waals surface area (Å²) in [7, 11) is 0. The Morgan fingerprint density at radius 1 is 1.50 bits per heavy atom. The third-order valence-electron chi connectivity index (χ3n) is 3.75. The molecule has 2 atom stereocenters. The normalized spacial score (nSPS) is 23.1. The van der Waals surface area contributed by atoms with Crippen LogP contribution in [0.2, 0.25) is 0 Å². The molecule has 0 aliphatic carbocycles. The van der Waals surface area contributed by atoms with Crippen LogP contribution in [0.5, 0.6) is 0 Å². The molecule has 2 rings (SSSR count). The van der Waals surface area contributed by atoms with E-state index in [1.807, 2.05) is 6.92 Å². The van der Waals surface area contributed by atoms with Crippen molar-refractivity contribution in [2.75, 3.05) is 32.8 Å². The number of aliphatic carboxylic acids is 1. The molecule has 0 aromatic heterocycles. The van der Waals surface area contributed by atoms with Crippen LogP contribution in [-0.2, 0) is 9.53 Å². The number of nitrogens with zero attached hydrogens (tertiary/aromatic N) is 1. The third kappa shape index (κ3) is 3.55. The molecule has 20 heavy (non-hydrogen) atoms. The first-order valence-corrected chi connectivity index (χ1v) is 6.90. The van der Waals surface area contributed by atoms with Gasteiger partial charge in [0.25, 0.3) is 0 Å². The van der Waals surface area contributed by atoms with Crippen molar-refractivity contribution in [3.8, 4) is 0 Å². The largest absolute Gasteiger partial charge is 0.481 e. The minimum atomic E-state index is -0.821. The second-order valence-electron chi connectivity index (χ2n) is 5.06. The van der Waals surface area contributed by atoms with Gasteiger partial charge in [0.1, 0.15) is 5.82 Å². The first-order chi connectivity index (χ1) is 9.61. The van der Waals surface area contributed by atoms with Gasteiger partial charge in [-0.05, 0) is 24.6 Å².